The second kappa shape index (κ2) is 4.60. The lowest BCUT2D eigenvalue weighted by molar-refractivity contribution is 0.838. The van der Waals surface area contributed by atoms with Gasteiger partial charge >= 0.3 is 0 Å². The highest BCUT2D eigenvalue weighted by molar-refractivity contribution is 7.16. The van der Waals surface area contributed by atoms with Crippen LogP contribution in [0.1, 0.15) is 22.0 Å². The maximum atomic E-state index is 4.46. The Morgan fingerprint density at radius 2 is 2.10 bits per heavy atom. The van der Waals surface area contributed by atoms with E-state index in [0.717, 1.165) is 33.1 Å². The van der Waals surface area contributed by atoms with Gasteiger partial charge in [0.05, 0.1) is 5.52 Å². The number of aromatic nitrogens is 5. The molecule has 4 aromatic rings. The molecule has 1 aromatic carbocycles. The molecule has 3 heterocycles. The van der Waals surface area contributed by atoms with Crippen LogP contribution in [0.5, 0.6) is 0 Å². The molecule has 104 valence electrons. The zero-order valence-electron chi connectivity index (χ0n) is 11.7. The Kier molecular flexibility index (Phi) is 2.71. The Balaban J connectivity index is 1.81. The van der Waals surface area contributed by atoms with Crippen LogP contribution in [0.25, 0.3) is 15.9 Å². The van der Waals surface area contributed by atoms with E-state index >= 15 is 0 Å². The third kappa shape index (κ3) is 2.08. The predicted octanol–water partition coefficient (Wildman–Crippen LogP) is 2.94. The Labute approximate surface area is 125 Å². The summed E-state index contributed by atoms with van der Waals surface area (Å²) in [5.41, 5.74) is 3.47. The summed E-state index contributed by atoms with van der Waals surface area (Å²) in [6, 6.07) is 8.34. The lowest BCUT2D eigenvalue weighted by Gasteiger charge is -2.06. The summed E-state index contributed by atoms with van der Waals surface area (Å²) < 4.78 is 1.84. The molecule has 0 aliphatic heterocycles. The maximum Gasteiger partial charge on any atom is 0.234 e. The molecule has 0 saturated carbocycles. The fourth-order valence-electron chi connectivity index (χ4n) is 2.50. The van der Waals surface area contributed by atoms with Crippen molar-refractivity contribution in [3.63, 3.8) is 0 Å². The first-order valence-electron chi connectivity index (χ1n) is 6.73. The summed E-state index contributed by atoms with van der Waals surface area (Å²) in [6.07, 6.45) is 2.54. The standard InChI is InChI=1S/C15H13N5S/c1-9-6-13-11(4-3-5-16-13)7-12(9)8-14-17-18-15-20(14)19-10(2)21-15/h3-7H,8H2,1-2H3. The molecule has 5 nitrogen and oxygen atoms in total. The fraction of sp³-hybridized carbons (Fsp3) is 0.200. The lowest BCUT2D eigenvalue weighted by atomic mass is 10.0. The zero-order valence-corrected chi connectivity index (χ0v) is 12.6. The SMILES string of the molecule is Cc1nn2c(Cc3cc4cccnc4cc3C)nnc2s1. The van der Waals surface area contributed by atoms with Crippen molar-refractivity contribution in [2.24, 2.45) is 0 Å². The average molecular weight is 295 g/mol. The molecule has 0 aliphatic rings. The van der Waals surface area contributed by atoms with Gasteiger partial charge in [0, 0.05) is 18.0 Å². The molecule has 4 rings (SSSR count). The van der Waals surface area contributed by atoms with Gasteiger partial charge in [-0.3, -0.25) is 4.98 Å². The van der Waals surface area contributed by atoms with Crippen LogP contribution in [0.3, 0.4) is 0 Å². The molecule has 0 bridgehead atoms. The van der Waals surface area contributed by atoms with Gasteiger partial charge in [-0.05, 0) is 43.2 Å². The molecule has 0 fully saturated rings. The van der Waals surface area contributed by atoms with Gasteiger partial charge in [-0.15, -0.1) is 10.2 Å². The number of nitrogens with zero attached hydrogens (tertiary/aromatic N) is 5. The van der Waals surface area contributed by atoms with Crippen LogP contribution in [-0.4, -0.2) is 24.8 Å². The minimum Gasteiger partial charge on any atom is -0.256 e. The zero-order chi connectivity index (χ0) is 14.4. The van der Waals surface area contributed by atoms with Gasteiger partial charge in [0.15, 0.2) is 5.82 Å². The van der Waals surface area contributed by atoms with E-state index in [1.165, 1.54) is 11.1 Å². The quantitative estimate of drug-likeness (QED) is 0.570. The molecule has 0 radical (unpaired) electrons. The normalized spacial score (nSPS) is 11.5. The summed E-state index contributed by atoms with van der Waals surface area (Å²) in [4.78, 5) is 5.24. The second-order valence-electron chi connectivity index (χ2n) is 5.08. The van der Waals surface area contributed by atoms with Crippen molar-refractivity contribution in [1.82, 2.24) is 24.8 Å². The summed E-state index contributed by atoms with van der Waals surface area (Å²) in [7, 11) is 0. The third-order valence-electron chi connectivity index (χ3n) is 3.57. The maximum absolute atomic E-state index is 4.46. The number of benzene rings is 1. The molecule has 0 unspecified atom stereocenters. The topological polar surface area (TPSA) is 56.0 Å². The number of aryl methyl sites for hydroxylation is 2. The highest BCUT2D eigenvalue weighted by Crippen LogP contribution is 2.21. The Hall–Kier alpha value is -2.34. The fourth-order valence-corrected chi connectivity index (χ4v) is 3.20. The summed E-state index contributed by atoms with van der Waals surface area (Å²) in [5, 5.41) is 15.0. The molecule has 0 spiro atoms. The van der Waals surface area contributed by atoms with Crippen molar-refractivity contribution in [3.8, 4) is 0 Å². The molecule has 0 atom stereocenters. The van der Waals surface area contributed by atoms with Gasteiger partial charge in [-0.2, -0.15) is 9.61 Å². The van der Waals surface area contributed by atoms with Gasteiger partial charge in [-0.1, -0.05) is 17.4 Å². The monoisotopic (exact) mass is 295 g/mol. The molecule has 0 amide bonds. The predicted molar refractivity (Wildman–Crippen MR) is 82.7 cm³/mol. The van der Waals surface area contributed by atoms with Crippen LogP contribution in [-0.2, 0) is 6.42 Å². The molecular formula is C15H13N5S. The van der Waals surface area contributed by atoms with Crippen LogP contribution >= 0.6 is 11.3 Å². The first-order valence-corrected chi connectivity index (χ1v) is 7.54. The summed E-state index contributed by atoms with van der Waals surface area (Å²) >= 11 is 1.56. The van der Waals surface area contributed by atoms with Crippen molar-refractivity contribution >= 4 is 27.2 Å². The summed E-state index contributed by atoms with van der Waals surface area (Å²) in [6.45, 7) is 4.09. The van der Waals surface area contributed by atoms with Crippen LogP contribution in [0.2, 0.25) is 0 Å². The van der Waals surface area contributed by atoms with Crippen molar-refractivity contribution in [2.75, 3.05) is 0 Å². The van der Waals surface area contributed by atoms with E-state index in [9.17, 15) is 0 Å². The molecule has 0 aliphatic carbocycles. The van der Waals surface area contributed by atoms with Crippen LogP contribution in [0.4, 0.5) is 0 Å². The molecular weight excluding hydrogens is 282 g/mol. The highest BCUT2D eigenvalue weighted by Gasteiger charge is 2.12. The van der Waals surface area contributed by atoms with E-state index in [-0.39, 0.29) is 0 Å². The van der Waals surface area contributed by atoms with Crippen LogP contribution in [0, 0.1) is 13.8 Å². The van der Waals surface area contributed by atoms with E-state index in [2.05, 4.69) is 45.4 Å². The summed E-state index contributed by atoms with van der Waals surface area (Å²) in [5.74, 6) is 0.876. The van der Waals surface area contributed by atoms with E-state index in [1.807, 2.05) is 23.7 Å². The van der Waals surface area contributed by atoms with Crippen LogP contribution in [0.15, 0.2) is 30.5 Å². The number of pyridine rings is 1. The number of hydrogen-bond acceptors (Lipinski definition) is 5. The average Bonchev–Trinajstić information content (AvgIpc) is 3.00. The van der Waals surface area contributed by atoms with E-state index in [1.54, 1.807) is 11.3 Å². The van der Waals surface area contributed by atoms with Crippen LogP contribution < -0.4 is 0 Å². The Morgan fingerprint density at radius 3 is 3.00 bits per heavy atom. The Morgan fingerprint density at radius 1 is 1.19 bits per heavy atom. The minimum absolute atomic E-state index is 0.723. The van der Waals surface area contributed by atoms with E-state index < -0.39 is 0 Å². The van der Waals surface area contributed by atoms with Gasteiger partial charge in [-0.25, -0.2) is 0 Å². The third-order valence-corrected chi connectivity index (χ3v) is 4.38. The molecule has 3 aromatic heterocycles. The first kappa shape index (κ1) is 12.4. The lowest BCUT2D eigenvalue weighted by Crippen LogP contribution is -2.00. The Bertz CT molecular complexity index is 953. The largest absolute Gasteiger partial charge is 0.256 e. The molecule has 21 heavy (non-hydrogen) atoms. The van der Waals surface area contributed by atoms with Crippen molar-refractivity contribution in [1.29, 1.82) is 0 Å². The van der Waals surface area contributed by atoms with Gasteiger partial charge < -0.3 is 0 Å². The molecule has 6 heteroatoms. The minimum atomic E-state index is 0.723. The number of rotatable bonds is 2. The first-order chi connectivity index (χ1) is 10.2. The van der Waals surface area contributed by atoms with E-state index in [4.69, 9.17) is 0 Å². The molecule has 0 N–H and O–H groups in total. The van der Waals surface area contributed by atoms with Gasteiger partial charge in [0.1, 0.15) is 5.01 Å². The highest BCUT2D eigenvalue weighted by atomic mass is 32.1. The van der Waals surface area contributed by atoms with Crippen molar-refractivity contribution < 1.29 is 0 Å². The number of hydrogen-bond donors (Lipinski definition) is 0. The van der Waals surface area contributed by atoms with E-state index in [0.29, 0.717) is 0 Å². The van der Waals surface area contributed by atoms with Crippen molar-refractivity contribution in [3.05, 3.63) is 52.4 Å². The van der Waals surface area contributed by atoms with Gasteiger partial charge in [0.2, 0.25) is 4.96 Å². The van der Waals surface area contributed by atoms with Crippen molar-refractivity contribution in [2.45, 2.75) is 20.3 Å². The smallest absolute Gasteiger partial charge is 0.234 e. The second-order valence-corrected chi connectivity index (χ2v) is 6.24. The molecule has 0 saturated heterocycles. The van der Waals surface area contributed by atoms with Gasteiger partial charge in [0.25, 0.3) is 0 Å². The number of fused-ring (bicyclic) bond motifs is 2.